The van der Waals surface area contributed by atoms with Gasteiger partial charge in [0.25, 0.3) is 0 Å². The van der Waals surface area contributed by atoms with E-state index in [0.717, 1.165) is 10.5 Å². The van der Waals surface area contributed by atoms with Gasteiger partial charge in [0, 0.05) is 17.9 Å². The number of carbonyl (C=O) groups excluding carboxylic acids is 1. The number of halogens is 3. The van der Waals surface area contributed by atoms with E-state index in [-0.39, 0.29) is 29.9 Å². The monoisotopic (exact) mass is 343 g/mol. The number of hydrogen-bond acceptors (Lipinski definition) is 5. The van der Waals surface area contributed by atoms with Gasteiger partial charge in [0.15, 0.2) is 5.82 Å². The molecule has 2 aromatic rings. The number of fused-ring (bicyclic) bond motifs is 1. The summed E-state index contributed by atoms with van der Waals surface area (Å²) >= 11 is 1.49. The van der Waals surface area contributed by atoms with E-state index < -0.39 is 12.1 Å². The second-order valence-corrected chi connectivity index (χ2v) is 6.22. The summed E-state index contributed by atoms with van der Waals surface area (Å²) < 4.78 is 41.1. The first-order chi connectivity index (χ1) is 10.9. The SMILES string of the molecule is O=C(NCCc1noc(C(F)(F)F)n1)[C@H]1Cc2ccccc2S1. The first kappa shape index (κ1) is 15.9. The number of aromatic nitrogens is 2. The maximum atomic E-state index is 12.3. The van der Waals surface area contributed by atoms with Gasteiger partial charge in [-0.25, -0.2) is 0 Å². The lowest BCUT2D eigenvalue weighted by atomic mass is 10.1. The number of hydrogen-bond donors (Lipinski definition) is 1. The van der Waals surface area contributed by atoms with Crippen molar-refractivity contribution in [1.82, 2.24) is 15.5 Å². The second kappa shape index (κ2) is 6.23. The molecule has 2 heterocycles. The van der Waals surface area contributed by atoms with Crippen molar-refractivity contribution in [2.45, 2.75) is 29.2 Å². The van der Waals surface area contributed by atoms with Gasteiger partial charge in [-0.15, -0.1) is 11.8 Å². The number of thioether (sulfide) groups is 1. The lowest BCUT2D eigenvalue weighted by Crippen LogP contribution is -2.34. The minimum absolute atomic E-state index is 0.0790. The van der Waals surface area contributed by atoms with Gasteiger partial charge >= 0.3 is 12.1 Å². The summed E-state index contributed by atoms with van der Waals surface area (Å²) in [6, 6.07) is 7.79. The third-order valence-electron chi connectivity index (χ3n) is 3.30. The average molecular weight is 343 g/mol. The highest BCUT2D eigenvalue weighted by Gasteiger charge is 2.38. The van der Waals surface area contributed by atoms with Crippen molar-refractivity contribution in [1.29, 1.82) is 0 Å². The molecular weight excluding hydrogens is 331 g/mol. The fraction of sp³-hybridized carbons (Fsp3) is 0.357. The first-order valence-electron chi connectivity index (χ1n) is 6.85. The van der Waals surface area contributed by atoms with Crippen LogP contribution in [0.1, 0.15) is 17.3 Å². The van der Waals surface area contributed by atoms with Crippen LogP contribution in [0, 0.1) is 0 Å². The predicted molar refractivity (Wildman–Crippen MR) is 75.8 cm³/mol. The molecule has 0 fully saturated rings. The van der Waals surface area contributed by atoms with Gasteiger partial charge in [-0.05, 0) is 18.1 Å². The molecule has 23 heavy (non-hydrogen) atoms. The lowest BCUT2D eigenvalue weighted by molar-refractivity contribution is -0.159. The zero-order chi connectivity index (χ0) is 16.4. The maximum absolute atomic E-state index is 12.3. The van der Waals surface area contributed by atoms with Gasteiger partial charge in [0.1, 0.15) is 0 Å². The van der Waals surface area contributed by atoms with E-state index in [4.69, 9.17) is 0 Å². The summed E-state index contributed by atoms with van der Waals surface area (Å²) in [5, 5.41) is 5.72. The van der Waals surface area contributed by atoms with Crippen molar-refractivity contribution in [3.8, 4) is 0 Å². The molecule has 1 atom stereocenters. The molecule has 1 amide bonds. The van der Waals surface area contributed by atoms with Crippen LogP contribution >= 0.6 is 11.8 Å². The number of amides is 1. The third kappa shape index (κ3) is 3.66. The van der Waals surface area contributed by atoms with Crippen LogP contribution in [-0.2, 0) is 23.8 Å². The van der Waals surface area contributed by atoms with Crippen molar-refractivity contribution >= 4 is 17.7 Å². The molecule has 1 N–H and O–H groups in total. The van der Waals surface area contributed by atoms with E-state index in [2.05, 4.69) is 20.0 Å². The standard InChI is InChI=1S/C14H12F3N3O2S/c15-14(16,17)13-19-11(20-22-13)5-6-18-12(21)10-7-8-3-1-2-4-9(8)23-10/h1-4,10H,5-7H2,(H,18,21)/t10-/m1/s1. The van der Waals surface area contributed by atoms with Gasteiger partial charge in [-0.1, -0.05) is 23.4 Å². The maximum Gasteiger partial charge on any atom is 0.471 e. The highest BCUT2D eigenvalue weighted by molar-refractivity contribution is 8.01. The topological polar surface area (TPSA) is 68.0 Å². The quantitative estimate of drug-likeness (QED) is 0.924. The molecule has 1 aliphatic rings. The predicted octanol–water partition coefficient (Wildman–Crippen LogP) is 2.46. The minimum atomic E-state index is -4.65. The van der Waals surface area contributed by atoms with Crippen LogP contribution in [0.15, 0.2) is 33.7 Å². The van der Waals surface area contributed by atoms with Crippen molar-refractivity contribution in [3.05, 3.63) is 41.5 Å². The van der Waals surface area contributed by atoms with Gasteiger partial charge in [-0.2, -0.15) is 18.2 Å². The highest BCUT2D eigenvalue weighted by atomic mass is 32.2. The number of benzene rings is 1. The molecule has 0 saturated heterocycles. The summed E-state index contributed by atoms with van der Waals surface area (Å²) in [6.45, 7) is 0.156. The Morgan fingerprint density at radius 3 is 2.87 bits per heavy atom. The Balaban J connectivity index is 1.48. The Hall–Kier alpha value is -2.03. The molecule has 1 aromatic carbocycles. The Morgan fingerprint density at radius 1 is 1.39 bits per heavy atom. The molecule has 1 aliphatic heterocycles. The molecular formula is C14H12F3N3O2S. The van der Waals surface area contributed by atoms with E-state index in [0.29, 0.717) is 6.42 Å². The summed E-state index contributed by atoms with van der Waals surface area (Å²) in [5.41, 5.74) is 1.13. The van der Waals surface area contributed by atoms with Crippen LogP contribution in [0.2, 0.25) is 0 Å². The molecule has 0 bridgehead atoms. The van der Waals surface area contributed by atoms with Crippen LogP contribution in [0.5, 0.6) is 0 Å². The average Bonchev–Trinajstić information content (AvgIpc) is 3.13. The summed E-state index contributed by atoms with van der Waals surface area (Å²) in [6.07, 6.45) is -3.93. The second-order valence-electron chi connectivity index (χ2n) is 4.97. The Kier molecular flexibility index (Phi) is 4.29. The van der Waals surface area contributed by atoms with Crippen LogP contribution in [-0.4, -0.2) is 27.8 Å². The Labute approximate surface area is 133 Å². The Bertz CT molecular complexity index is 692. The zero-order valence-corrected chi connectivity index (χ0v) is 12.6. The van der Waals surface area contributed by atoms with Gasteiger partial charge in [-0.3, -0.25) is 4.79 Å². The van der Waals surface area contributed by atoms with Crippen molar-refractivity contribution < 1.29 is 22.5 Å². The number of carbonyl (C=O) groups is 1. The fourth-order valence-corrected chi connectivity index (χ4v) is 3.43. The van der Waals surface area contributed by atoms with E-state index in [1.807, 2.05) is 24.3 Å². The first-order valence-corrected chi connectivity index (χ1v) is 7.73. The summed E-state index contributed by atoms with van der Waals surface area (Å²) in [5.74, 6) is -1.61. The minimum Gasteiger partial charge on any atom is -0.355 e. The van der Waals surface area contributed by atoms with Crippen molar-refractivity contribution in [2.24, 2.45) is 0 Å². The van der Waals surface area contributed by atoms with Crippen LogP contribution in [0.4, 0.5) is 13.2 Å². The largest absolute Gasteiger partial charge is 0.471 e. The van der Waals surface area contributed by atoms with Gasteiger partial charge in [0.05, 0.1) is 5.25 Å². The molecule has 3 rings (SSSR count). The van der Waals surface area contributed by atoms with Crippen LogP contribution < -0.4 is 5.32 Å². The number of nitrogens with zero attached hydrogens (tertiary/aromatic N) is 2. The molecule has 0 aliphatic carbocycles. The molecule has 0 spiro atoms. The van der Waals surface area contributed by atoms with Gasteiger partial charge in [0.2, 0.25) is 5.91 Å². The van der Waals surface area contributed by atoms with Crippen LogP contribution in [0.3, 0.4) is 0 Å². The normalized spacial score (nSPS) is 17.1. The van der Waals surface area contributed by atoms with E-state index in [1.165, 1.54) is 11.8 Å². The molecule has 1 aromatic heterocycles. The van der Waals surface area contributed by atoms with E-state index >= 15 is 0 Å². The lowest BCUT2D eigenvalue weighted by Gasteiger charge is -2.08. The molecule has 5 nitrogen and oxygen atoms in total. The fourth-order valence-electron chi connectivity index (χ4n) is 2.21. The van der Waals surface area contributed by atoms with E-state index in [1.54, 1.807) is 0 Å². The Morgan fingerprint density at radius 2 is 2.17 bits per heavy atom. The smallest absolute Gasteiger partial charge is 0.355 e. The third-order valence-corrected chi connectivity index (χ3v) is 4.62. The van der Waals surface area contributed by atoms with Gasteiger partial charge < -0.3 is 9.84 Å². The van der Waals surface area contributed by atoms with Crippen LogP contribution in [0.25, 0.3) is 0 Å². The van der Waals surface area contributed by atoms with E-state index in [9.17, 15) is 18.0 Å². The molecule has 122 valence electrons. The summed E-state index contributed by atoms with van der Waals surface area (Å²) in [7, 11) is 0. The number of nitrogens with one attached hydrogen (secondary N) is 1. The molecule has 0 unspecified atom stereocenters. The van der Waals surface area contributed by atoms with Crippen molar-refractivity contribution in [2.75, 3.05) is 6.54 Å². The molecule has 9 heteroatoms. The highest BCUT2D eigenvalue weighted by Crippen LogP contribution is 2.36. The number of alkyl halides is 3. The number of rotatable bonds is 4. The summed E-state index contributed by atoms with van der Waals surface area (Å²) in [4.78, 5) is 16.4. The molecule has 0 radical (unpaired) electrons. The van der Waals surface area contributed by atoms with Crippen molar-refractivity contribution in [3.63, 3.8) is 0 Å². The molecule has 0 saturated carbocycles. The zero-order valence-electron chi connectivity index (χ0n) is 11.8.